The average molecular weight is 528 g/mol. The van der Waals surface area contributed by atoms with E-state index in [1.54, 1.807) is 7.11 Å². The summed E-state index contributed by atoms with van der Waals surface area (Å²) in [5.41, 5.74) is 4.35. The number of hydrogen-bond donors (Lipinski definition) is 1. The molecule has 39 heavy (non-hydrogen) atoms. The summed E-state index contributed by atoms with van der Waals surface area (Å²) >= 11 is 0. The van der Waals surface area contributed by atoms with E-state index in [0.717, 1.165) is 60.4 Å². The number of amides is 1. The Balaban J connectivity index is 1.40. The first-order valence-corrected chi connectivity index (χ1v) is 13.6. The third-order valence-electron chi connectivity index (χ3n) is 7.37. The molecule has 1 N–H and O–H groups in total. The zero-order chi connectivity index (χ0) is 27.0. The van der Waals surface area contributed by atoms with E-state index in [1.807, 2.05) is 67.7 Å². The summed E-state index contributed by atoms with van der Waals surface area (Å²) in [6.07, 6.45) is 2.48. The number of rotatable bonds is 11. The van der Waals surface area contributed by atoms with Gasteiger partial charge in [-0.3, -0.25) is 9.69 Å². The van der Waals surface area contributed by atoms with Gasteiger partial charge in [0.05, 0.1) is 20.3 Å². The molecule has 0 radical (unpaired) electrons. The second-order valence-electron chi connectivity index (χ2n) is 9.96. The Morgan fingerprint density at radius 1 is 1.00 bits per heavy atom. The number of hydrogen-bond acceptors (Lipinski definition) is 5. The summed E-state index contributed by atoms with van der Waals surface area (Å²) in [5, 5.41) is 4.30. The van der Waals surface area contributed by atoms with E-state index in [0.29, 0.717) is 31.1 Å². The Kier molecular flexibility index (Phi) is 8.81. The van der Waals surface area contributed by atoms with Gasteiger partial charge in [0.2, 0.25) is 5.91 Å². The molecule has 0 aliphatic carbocycles. The molecule has 0 bridgehead atoms. The highest BCUT2D eigenvalue weighted by molar-refractivity contribution is 5.86. The van der Waals surface area contributed by atoms with Crippen molar-refractivity contribution in [3.63, 3.8) is 0 Å². The van der Waals surface area contributed by atoms with E-state index in [4.69, 9.17) is 14.2 Å². The lowest BCUT2D eigenvalue weighted by atomic mass is 9.87. The average Bonchev–Trinajstić information content (AvgIpc) is 3.32. The van der Waals surface area contributed by atoms with Gasteiger partial charge in [0.1, 0.15) is 6.61 Å². The standard InChI is InChI=1S/C32H37N3O4/c1-34-22-28(26-10-6-7-11-29(26)34)27(21-32(36)33-14-15-35-16-18-38-19-17-35)25-12-13-30(37-2)31(20-25)39-23-24-8-4-3-5-9-24/h3-13,20,22,27H,14-19,21,23H2,1-2H3,(H,33,36)/t27-/m0/s1. The number of nitrogens with zero attached hydrogens (tertiary/aromatic N) is 2. The van der Waals surface area contributed by atoms with Crippen molar-refractivity contribution < 1.29 is 19.0 Å². The third kappa shape index (κ3) is 6.61. The first-order valence-electron chi connectivity index (χ1n) is 13.6. The van der Waals surface area contributed by atoms with Crippen LogP contribution in [0.2, 0.25) is 0 Å². The third-order valence-corrected chi connectivity index (χ3v) is 7.37. The van der Waals surface area contributed by atoms with Crippen LogP contribution in [0.3, 0.4) is 0 Å². The zero-order valence-corrected chi connectivity index (χ0v) is 22.8. The summed E-state index contributed by atoms with van der Waals surface area (Å²) < 4.78 is 19.4. The maximum Gasteiger partial charge on any atom is 0.220 e. The Bertz CT molecular complexity index is 1380. The number of para-hydroxylation sites is 1. The van der Waals surface area contributed by atoms with E-state index in [2.05, 4.69) is 33.1 Å². The summed E-state index contributed by atoms with van der Waals surface area (Å²) in [6, 6.07) is 24.4. The van der Waals surface area contributed by atoms with Crippen LogP contribution in [0.25, 0.3) is 10.9 Å². The molecule has 0 unspecified atom stereocenters. The SMILES string of the molecule is COc1ccc([C@H](CC(=O)NCCN2CCOCC2)c2cn(C)c3ccccc23)cc1OCc1ccccc1. The van der Waals surface area contributed by atoms with Crippen LogP contribution in [0.5, 0.6) is 11.5 Å². The van der Waals surface area contributed by atoms with Crippen molar-refractivity contribution in [2.24, 2.45) is 7.05 Å². The summed E-state index contributed by atoms with van der Waals surface area (Å²) in [7, 11) is 3.70. The topological polar surface area (TPSA) is 65.0 Å². The van der Waals surface area contributed by atoms with E-state index in [9.17, 15) is 4.79 Å². The molecule has 7 heteroatoms. The van der Waals surface area contributed by atoms with Crippen LogP contribution in [0.15, 0.2) is 79.0 Å². The van der Waals surface area contributed by atoms with Gasteiger partial charge < -0.3 is 24.1 Å². The smallest absolute Gasteiger partial charge is 0.220 e. The van der Waals surface area contributed by atoms with Gasteiger partial charge in [0.15, 0.2) is 11.5 Å². The minimum Gasteiger partial charge on any atom is -0.493 e. The monoisotopic (exact) mass is 527 g/mol. The number of benzene rings is 3. The van der Waals surface area contributed by atoms with Gasteiger partial charge in [-0.05, 0) is 34.9 Å². The molecular weight excluding hydrogens is 490 g/mol. The molecule has 0 spiro atoms. The zero-order valence-electron chi connectivity index (χ0n) is 22.8. The molecule has 1 amide bonds. The van der Waals surface area contributed by atoms with Gasteiger partial charge >= 0.3 is 0 Å². The molecule has 4 aromatic rings. The maximum absolute atomic E-state index is 13.3. The van der Waals surface area contributed by atoms with E-state index >= 15 is 0 Å². The van der Waals surface area contributed by atoms with Gasteiger partial charge in [-0.15, -0.1) is 0 Å². The van der Waals surface area contributed by atoms with E-state index in [-0.39, 0.29) is 11.8 Å². The number of methoxy groups -OCH3 is 1. The molecule has 1 fully saturated rings. The number of ether oxygens (including phenoxy) is 3. The first kappa shape index (κ1) is 26.8. The molecule has 1 aliphatic heterocycles. The fraction of sp³-hybridized carbons (Fsp3) is 0.344. The fourth-order valence-corrected chi connectivity index (χ4v) is 5.25. The second kappa shape index (κ2) is 12.8. The maximum atomic E-state index is 13.3. The number of aromatic nitrogens is 1. The Hall–Kier alpha value is -3.81. The predicted octanol–water partition coefficient (Wildman–Crippen LogP) is 4.74. The largest absolute Gasteiger partial charge is 0.493 e. The van der Waals surface area contributed by atoms with Gasteiger partial charge in [0, 0.05) is 62.7 Å². The predicted molar refractivity (Wildman–Crippen MR) is 153 cm³/mol. The number of aryl methyl sites for hydroxylation is 1. The molecule has 7 nitrogen and oxygen atoms in total. The highest BCUT2D eigenvalue weighted by Gasteiger charge is 2.24. The van der Waals surface area contributed by atoms with Crippen LogP contribution >= 0.6 is 0 Å². The first-order chi connectivity index (χ1) is 19.1. The number of fused-ring (bicyclic) bond motifs is 1. The molecule has 204 valence electrons. The summed E-state index contributed by atoms with van der Waals surface area (Å²) in [6.45, 7) is 5.20. The van der Waals surface area contributed by atoms with E-state index < -0.39 is 0 Å². The van der Waals surface area contributed by atoms with Gasteiger partial charge in [-0.2, -0.15) is 0 Å². The summed E-state index contributed by atoms with van der Waals surface area (Å²) in [4.78, 5) is 15.6. The number of morpholine rings is 1. The fourth-order valence-electron chi connectivity index (χ4n) is 5.25. The molecular formula is C32H37N3O4. The van der Waals surface area contributed by atoms with Crippen LogP contribution < -0.4 is 14.8 Å². The highest BCUT2D eigenvalue weighted by atomic mass is 16.5. The summed E-state index contributed by atoms with van der Waals surface area (Å²) in [5.74, 6) is 1.21. The Morgan fingerprint density at radius 2 is 1.77 bits per heavy atom. The van der Waals surface area contributed by atoms with Crippen LogP contribution in [0.4, 0.5) is 0 Å². The van der Waals surface area contributed by atoms with Crippen molar-refractivity contribution in [1.82, 2.24) is 14.8 Å². The number of carbonyl (C=O) groups excluding carboxylic acids is 1. The lowest BCUT2D eigenvalue weighted by Gasteiger charge is -2.26. The molecule has 1 aromatic heterocycles. The molecule has 3 aromatic carbocycles. The lowest BCUT2D eigenvalue weighted by Crippen LogP contribution is -2.41. The van der Waals surface area contributed by atoms with Crippen molar-refractivity contribution in [1.29, 1.82) is 0 Å². The van der Waals surface area contributed by atoms with E-state index in [1.165, 1.54) is 0 Å². The quantitative estimate of drug-likeness (QED) is 0.305. The van der Waals surface area contributed by atoms with Gasteiger partial charge in [0.25, 0.3) is 0 Å². The van der Waals surface area contributed by atoms with Crippen LogP contribution in [-0.4, -0.2) is 61.9 Å². The number of carbonyl (C=O) groups is 1. The molecule has 5 rings (SSSR count). The molecule has 1 saturated heterocycles. The lowest BCUT2D eigenvalue weighted by molar-refractivity contribution is -0.121. The molecule has 1 aliphatic rings. The van der Waals surface area contributed by atoms with Crippen molar-refractivity contribution in [2.75, 3.05) is 46.5 Å². The molecule has 0 saturated carbocycles. The van der Waals surface area contributed by atoms with Crippen LogP contribution in [0.1, 0.15) is 29.0 Å². The van der Waals surface area contributed by atoms with Crippen molar-refractivity contribution >= 4 is 16.8 Å². The van der Waals surface area contributed by atoms with Crippen molar-refractivity contribution in [2.45, 2.75) is 18.9 Å². The van der Waals surface area contributed by atoms with Gasteiger partial charge in [-0.25, -0.2) is 0 Å². The normalized spacial score (nSPS) is 14.7. The van der Waals surface area contributed by atoms with Crippen molar-refractivity contribution in [3.05, 3.63) is 95.7 Å². The minimum absolute atomic E-state index is 0.0313. The molecule has 1 atom stereocenters. The highest BCUT2D eigenvalue weighted by Crippen LogP contribution is 2.38. The Morgan fingerprint density at radius 3 is 2.56 bits per heavy atom. The van der Waals surface area contributed by atoms with Crippen LogP contribution in [0, 0.1) is 0 Å². The Labute approximate surface area is 230 Å². The van der Waals surface area contributed by atoms with Crippen LogP contribution in [-0.2, 0) is 23.2 Å². The minimum atomic E-state index is -0.149. The second-order valence-corrected chi connectivity index (χ2v) is 9.96. The van der Waals surface area contributed by atoms with Gasteiger partial charge in [-0.1, -0.05) is 54.6 Å². The van der Waals surface area contributed by atoms with Crippen molar-refractivity contribution in [3.8, 4) is 11.5 Å². The number of nitrogens with one attached hydrogen (secondary N) is 1. The molecule has 2 heterocycles.